The van der Waals surface area contributed by atoms with Gasteiger partial charge in [-0.25, -0.2) is 4.79 Å². The van der Waals surface area contributed by atoms with Crippen LogP contribution in [0, 0.1) is 18.3 Å². The topological polar surface area (TPSA) is 59.7 Å². The van der Waals surface area contributed by atoms with Crippen molar-refractivity contribution in [2.75, 3.05) is 13.2 Å². The molecule has 4 rings (SSSR count). The molecule has 0 spiro atoms. The summed E-state index contributed by atoms with van der Waals surface area (Å²) in [5, 5.41) is 10.7. The second-order valence-corrected chi connectivity index (χ2v) is 9.64. The third kappa shape index (κ3) is 3.99. The first-order valence-electron chi connectivity index (χ1n) is 9.99. The van der Waals surface area contributed by atoms with E-state index in [9.17, 15) is 9.90 Å². The van der Waals surface area contributed by atoms with Gasteiger partial charge in [-0.05, 0) is 62.5 Å². The van der Waals surface area contributed by atoms with E-state index in [2.05, 4.69) is 13.0 Å². The molecule has 1 aliphatic heterocycles. The minimum Gasteiger partial charge on any atom is -0.507 e. The van der Waals surface area contributed by atoms with Gasteiger partial charge in [-0.1, -0.05) is 6.92 Å². The van der Waals surface area contributed by atoms with Crippen LogP contribution in [0.15, 0.2) is 27.4 Å². The smallest absolute Gasteiger partial charge is 0.343 e. The zero-order valence-corrected chi connectivity index (χ0v) is 16.9. The summed E-state index contributed by atoms with van der Waals surface area (Å²) >= 11 is 1.67. The van der Waals surface area contributed by atoms with Gasteiger partial charge >= 0.3 is 5.63 Å². The van der Waals surface area contributed by atoms with Crippen molar-refractivity contribution in [1.82, 2.24) is 0 Å². The molecule has 1 aliphatic carbocycles. The van der Waals surface area contributed by atoms with E-state index in [0.29, 0.717) is 17.2 Å². The number of thiophene rings is 1. The first kappa shape index (κ1) is 18.8. The molecule has 5 heteroatoms. The molecule has 4 nitrogen and oxygen atoms in total. The summed E-state index contributed by atoms with van der Waals surface area (Å²) < 4.78 is 11.2. The van der Waals surface area contributed by atoms with Crippen LogP contribution in [0.1, 0.15) is 66.0 Å². The number of aryl methyl sites for hydroxylation is 1. The molecule has 2 unspecified atom stereocenters. The zero-order chi connectivity index (χ0) is 19.0. The number of ether oxygens (including phenoxy) is 1. The molecule has 2 aromatic rings. The van der Waals surface area contributed by atoms with Gasteiger partial charge in [0.2, 0.25) is 0 Å². The maximum atomic E-state index is 12.8. The molecule has 2 aromatic heterocycles. The molecule has 1 saturated carbocycles. The van der Waals surface area contributed by atoms with Crippen molar-refractivity contribution < 1.29 is 14.3 Å². The first-order valence-corrected chi connectivity index (χ1v) is 10.8. The third-order valence-electron chi connectivity index (χ3n) is 6.13. The normalized spacial score (nSPS) is 22.1. The molecular formula is C22H28O4S. The predicted molar refractivity (Wildman–Crippen MR) is 107 cm³/mol. The fourth-order valence-corrected chi connectivity index (χ4v) is 5.56. The van der Waals surface area contributed by atoms with Crippen LogP contribution in [-0.4, -0.2) is 18.3 Å². The average Bonchev–Trinajstić information content (AvgIpc) is 2.99. The van der Waals surface area contributed by atoms with Gasteiger partial charge in [0.1, 0.15) is 11.5 Å². The quantitative estimate of drug-likeness (QED) is 0.724. The Morgan fingerprint density at radius 1 is 1.37 bits per heavy atom. The van der Waals surface area contributed by atoms with E-state index in [4.69, 9.17) is 9.15 Å². The number of aromatic hydroxyl groups is 1. The average molecular weight is 389 g/mol. The van der Waals surface area contributed by atoms with E-state index in [-0.39, 0.29) is 22.7 Å². The summed E-state index contributed by atoms with van der Waals surface area (Å²) in [5.41, 5.74) is 0.247. The van der Waals surface area contributed by atoms with Crippen molar-refractivity contribution in [2.45, 2.75) is 58.3 Å². The first-order chi connectivity index (χ1) is 13.0. The Bertz CT molecular complexity index is 855. The Morgan fingerprint density at radius 2 is 2.19 bits per heavy atom. The Kier molecular flexibility index (Phi) is 5.17. The van der Waals surface area contributed by atoms with Crippen LogP contribution < -0.4 is 5.63 Å². The van der Waals surface area contributed by atoms with Gasteiger partial charge in [0.05, 0.1) is 5.56 Å². The number of hydrogen-bond donors (Lipinski definition) is 1. The van der Waals surface area contributed by atoms with Crippen LogP contribution >= 0.6 is 11.3 Å². The minimum atomic E-state index is -0.386. The molecule has 2 aliphatic rings. The highest BCUT2D eigenvalue weighted by molar-refractivity contribution is 7.12. The fourth-order valence-electron chi connectivity index (χ4n) is 4.49. The molecule has 0 radical (unpaired) electrons. The van der Waals surface area contributed by atoms with Crippen LogP contribution in [0.25, 0.3) is 0 Å². The van der Waals surface area contributed by atoms with Gasteiger partial charge in [-0.3, -0.25) is 0 Å². The lowest BCUT2D eigenvalue weighted by Crippen LogP contribution is -2.17. The number of hydrogen-bond acceptors (Lipinski definition) is 5. The van der Waals surface area contributed by atoms with Crippen LogP contribution in [0.5, 0.6) is 5.75 Å². The van der Waals surface area contributed by atoms with Gasteiger partial charge in [-0.15, -0.1) is 11.3 Å². The van der Waals surface area contributed by atoms with E-state index >= 15 is 0 Å². The summed E-state index contributed by atoms with van der Waals surface area (Å²) in [6.45, 7) is 5.81. The van der Waals surface area contributed by atoms with Crippen LogP contribution in [0.4, 0.5) is 0 Å². The van der Waals surface area contributed by atoms with Crippen molar-refractivity contribution >= 4 is 11.3 Å². The highest BCUT2D eigenvalue weighted by Crippen LogP contribution is 2.54. The van der Waals surface area contributed by atoms with E-state index in [0.717, 1.165) is 43.8 Å². The summed E-state index contributed by atoms with van der Waals surface area (Å²) in [6.07, 6.45) is 6.09. The molecule has 1 saturated heterocycles. The number of rotatable bonds is 7. The van der Waals surface area contributed by atoms with E-state index < -0.39 is 0 Å². The van der Waals surface area contributed by atoms with Crippen LogP contribution in [0.2, 0.25) is 0 Å². The molecule has 3 heterocycles. The standard InChI is InChI=1S/C22H28O4S/c1-3-17(19-5-4-14(2)27-19)20-18(23)10-16(26-21(20)24)12-22(7-8-22)11-15-6-9-25-13-15/h4-5,10,15,17,23H,3,6-9,11-13H2,1-2H3. The lowest BCUT2D eigenvalue weighted by Gasteiger charge is -2.19. The van der Waals surface area contributed by atoms with Gasteiger partial charge in [0, 0.05) is 41.4 Å². The fraction of sp³-hybridized carbons (Fsp3) is 0.591. The van der Waals surface area contributed by atoms with Crippen molar-refractivity contribution in [3.8, 4) is 5.75 Å². The second kappa shape index (κ2) is 7.44. The Morgan fingerprint density at radius 3 is 2.74 bits per heavy atom. The molecule has 0 amide bonds. The largest absolute Gasteiger partial charge is 0.507 e. The van der Waals surface area contributed by atoms with Gasteiger partial charge in [0.25, 0.3) is 0 Å². The molecule has 2 fully saturated rings. The van der Waals surface area contributed by atoms with Crippen molar-refractivity contribution in [1.29, 1.82) is 0 Å². The highest BCUT2D eigenvalue weighted by Gasteiger charge is 2.45. The summed E-state index contributed by atoms with van der Waals surface area (Å²) in [6, 6.07) is 5.79. The third-order valence-corrected chi connectivity index (χ3v) is 7.25. The van der Waals surface area contributed by atoms with Crippen molar-refractivity contribution in [3.05, 3.63) is 49.7 Å². The molecular weight excluding hydrogens is 360 g/mol. The minimum absolute atomic E-state index is 0.0825. The Hall–Kier alpha value is -1.59. The Labute approximate surface area is 164 Å². The Balaban J connectivity index is 1.56. The van der Waals surface area contributed by atoms with Gasteiger partial charge in [0.15, 0.2) is 0 Å². The molecule has 1 N–H and O–H groups in total. The molecule has 146 valence electrons. The van der Waals surface area contributed by atoms with Crippen LogP contribution in [0.3, 0.4) is 0 Å². The molecule has 27 heavy (non-hydrogen) atoms. The maximum Gasteiger partial charge on any atom is 0.343 e. The van der Waals surface area contributed by atoms with Crippen molar-refractivity contribution in [2.24, 2.45) is 11.3 Å². The van der Waals surface area contributed by atoms with E-state index in [1.165, 1.54) is 17.7 Å². The highest BCUT2D eigenvalue weighted by atomic mass is 32.1. The van der Waals surface area contributed by atoms with Gasteiger partial charge in [-0.2, -0.15) is 0 Å². The summed E-state index contributed by atoms with van der Waals surface area (Å²) in [5.74, 6) is 1.21. The maximum absolute atomic E-state index is 12.8. The summed E-state index contributed by atoms with van der Waals surface area (Å²) in [7, 11) is 0. The van der Waals surface area contributed by atoms with E-state index in [1.54, 1.807) is 17.4 Å². The lowest BCUT2D eigenvalue weighted by molar-refractivity contribution is 0.177. The molecule has 2 atom stereocenters. The monoisotopic (exact) mass is 388 g/mol. The summed E-state index contributed by atoms with van der Waals surface area (Å²) in [4.78, 5) is 15.1. The van der Waals surface area contributed by atoms with E-state index in [1.807, 2.05) is 13.0 Å². The van der Waals surface area contributed by atoms with Gasteiger partial charge < -0.3 is 14.3 Å². The van der Waals surface area contributed by atoms with Crippen LogP contribution in [-0.2, 0) is 11.2 Å². The molecule has 0 aromatic carbocycles. The van der Waals surface area contributed by atoms with Crippen molar-refractivity contribution in [3.63, 3.8) is 0 Å². The zero-order valence-electron chi connectivity index (χ0n) is 16.1. The predicted octanol–water partition coefficient (Wildman–Crippen LogP) is 5.01. The second-order valence-electron chi connectivity index (χ2n) is 8.32. The lowest BCUT2D eigenvalue weighted by atomic mass is 9.87. The SMILES string of the molecule is CCC(c1ccc(C)s1)c1c(O)cc(CC2(CC3CCOC3)CC2)oc1=O. The molecule has 0 bridgehead atoms.